The van der Waals surface area contributed by atoms with Crippen molar-refractivity contribution in [3.05, 3.63) is 100 Å². The quantitative estimate of drug-likeness (QED) is 0.0430. The van der Waals surface area contributed by atoms with Crippen molar-refractivity contribution in [2.24, 2.45) is 0 Å². The van der Waals surface area contributed by atoms with E-state index in [4.69, 9.17) is 18.9 Å². The molecule has 4 N–H and O–H groups in total. The number of hydrogen-bond donors (Lipinski definition) is 4. The molecule has 72 heavy (non-hydrogen) atoms. The van der Waals surface area contributed by atoms with Gasteiger partial charge in [0.1, 0.15) is 22.9 Å². The smallest absolute Gasteiger partial charge is 0.259 e. The summed E-state index contributed by atoms with van der Waals surface area (Å²) in [5, 5.41) is 12.0. The Labute approximate surface area is 421 Å². The maximum absolute atomic E-state index is 15.1. The van der Waals surface area contributed by atoms with Gasteiger partial charge in [0.05, 0.1) is 94.5 Å². The van der Waals surface area contributed by atoms with Crippen molar-refractivity contribution < 1.29 is 42.1 Å². The minimum Gasteiger partial charge on any atom is -0.379 e. The molecule has 3 amide bonds. The van der Waals surface area contributed by atoms with E-state index in [1.54, 1.807) is 42.6 Å². The van der Waals surface area contributed by atoms with Gasteiger partial charge < -0.3 is 39.5 Å². The van der Waals surface area contributed by atoms with E-state index < -0.39 is 11.6 Å². The van der Waals surface area contributed by atoms with Crippen LogP contribution in [-0.4, -0.2) is 149 Å². The Morgan fingerprint density at radius 3 is 2.12 bits per heavy atom. The molecule has 1 fully saturated rings. The second-order valence-electron chi connectivity index (χ2n) is 17.3. The molecular weight excluding hydrogens is 951 g/mol. The largest absolute Gasteiger partial charge is 0.379 e. The highest BCUT2D eigenvalue weighted by Gasteiger charge is 2.21. The molecule has 0 bridgehead atoms. The highest BCUT2D eigenvalue weighted by molar-refractivity contribution is 7.15. The highest BCUT2D eigenvalue weighted by atomic mass is 32.1. The number of amides is 3. The maximum atomic E-state index is 15.1. The van der Waals surface area contributed by atoms with E-state index in [1.165, 1.54) is 17.4 Å². The van der Waals surface area contributed by atoms with Crippen molar-refractivity contribution >= 4 is 62.7 Å². The molecule has 19 nitrogen and oxygen atoms in total. The monoisotopic (exact) mass is 1010 g/mol. The van der Waals surface area contributed by atoms with Gasteiger partial charge in [-0.1, -0.05) is 18.2 Å². The summed E-state index contributed by atoms with van der Waals surface area (Å²) >= 11 is 1.40. The van der Waals surface area contributed by atoms with Gasteiger partial charge in [-0.25, -0.2) is 33.7 Å². The minimum atomic E-state index is -0.679. The standard InChI is InChI=1S/C50H62F2N12O7S/c1-32(2)64-35(5)57-47-39(51)26-37(27-42(47)64)46-40(52)29-55-49(60-46)59-43-11-10-36(28-54-43)30-62-14-16-63(17-15-62)31-45(66)53-13-19-69-21-23-71-25-24-70-22-20-68-18-12-44(65)58-41-9-7-6-8-38(41)48(67)61-50-56-33(3)34(4)72-50/h6-11,26-29,32H,12-25,30-31H2,1-5H3,(H,53,66)(H,58,65)(H,56,61,67)(H,54,55,59,60). The van der Waals surface area contributed by atoms with Crippen LogP contribution < -0.4 is 21.3 Å². The van der Waals surface area contributed by atoms with Crippen LogP contribution in [0.5, 0.6) is 0 Å². The molecule has 1 aliphatic rings. The number of halogens is 2. The molecule has 0 unspecified atom stereocenters. The number of pyridine rings is 1. The lowest BCUT2D eigenvalue weighted by Gasteiger charge is -2.34. The lowest BCUT2D eigenvalue weighted by Crippen LogP contribution is -2.49. The molecule has 0 saturated carbocycles. The van der Waals surface area contributed by atoms with Gasteiger partial charge in [-0.05, 0) is 70.5 Å². The lowest BCUT2D eigenvalue weighted by atomic mass is 10.1. The molecule has 22 heteroatoms. The van der Waals surface area contributed by atoms with Gasteiger partial charge in [-0.2, -0.15) is 0 Å². The van der Waals surface area contributed by atoms with Crippen LogP contribution in [0.15, 0.2) is 60.9 Å². The first kappa shape index (κ1) is 53.4. The fraction of sp³-hybridized carbons (Fsp3) is 0.440. The number of fused-ring (bicyclic) bond motifs is 1. The summed E-state index contributed by atoms with van der Waals surface area (Å²) in [5.74, 6) is -0.647. The number of nitrogens with one attached hydrogen (secondary N) is 4. The van der Waals surface area contributed by atoms with Crippen LogP contribution in [0.3, 0.4) is 0 Å². The zero-order valence-electron chi connectivity index (χ0n) is 41.3. The highest BCUT2D eigenvalue weighted by Crippen LogP contribution is 2.31. The van der Waals surface area contributed by atoms with Crippen LogP contribution in [0.25, 0.3) is 22.3 Å². The van der Waals surface area contributed by atoms with Crippen LogP contribution in [0.4, 0.5) is 31.4 Å². The van der Waals surface area contributed by atoms with E-state index in [2.05, 4.69) is 56.0 Å². The zero-order chi connectivity index (χ0) is 51.0. The van der Waals surface area contributed by atoms with Gasteiger partial charge in [0, 0.05) is 61.9 Å². The summed E-state index contributed by atoms with van der Waals surface area (Å²) in [4.78, 5) is 65.1. The lowest BCUT2D eigenvalue weighted by molar-refractivity contribution is -0.123. The molecule has 1 saturated heterocycles. The number of piperazine rings is 1. The third-order valence-electron chi connectivity index (χ3n) is 11.6. The van der Waals surface area contributed by atoms with Crippen molar-refractivity contribution in [2.75, 3.05) is 108 Å². The number of imidazole rings is 1. The molecule has 0 radical (unpaired) electrons. The number of para-hydroxylation sites is 1. The minimum absolute atomic E-state index is 0.0294. The van der Waals surface area contributed by atoms with E-state index in [0.29, 0.717) is 99.4 Å². The summed E-state index contributed by atoms with van der Waals surface area (Å²) in [6.45, 7) is 16.8. The summed E-state index contributed by atoms with van der Waals surface area (Å²) in [7, 11) is 0. The van der Waals surface area contributed by atoms with E-state index in [-0.39, 0.29) is 59.5 Å². The summed E-state index contributed by atoms with van der Waals surface area (Å²) in [6, 6.07) is 13.5. The van der Waals surface area contributed by atoms with Crippen LogP contribution in [0.1, 0.15) is 58.6 Å². The molecule has 0 aliphatic carbocycles. The number of benzene rings is 2. The molecule has 0 spiro atoms. The topological polar surface area (TPSA) is 212 Å². The number of aryl methyl sites for hydroxylation is 3. The third kappa shape index (κ3) is 15.3. The summed E-state index contributed by atoms with van der Waals surface area (Å²) < 4.78 is 54.3. The van der Waals surface area contributed by atoms with E-state index in [1.807, 2.05) is 45.3 Å². The first-order valence-electron chi connectivity index (χ1n) is 23.9. The molecule has 4 aromatic heterocycles. The van der Waals surface area contributed by atoms with Crippen molar-refractivity contribution in [3.8, 4) is 11.3 Å². The molecule has 1 aliphatic heterocycles. The second-order valence-corrected chi connectivity index (χ2v) is 18.5. The van der Waals surface area contributed by atoms with Gasteiger partial charge in [0.25, 0.3) is 5.91 Å². The number of hydrogen-bond acceptors (Lipinski definition) is 16. The fourth-order valence-electron chi connectivity index (χ4n) is 7.90. The molecular formula is C50H62F2N12O7S. The Kier molecular flexibility index (Phi) is 19.5. The van der Waals surface area contributed by atoms with Crippen molar-refractivity contribution in [3.63, 3.8) is 0 Å². The SMILES string of the molecule is Cc1nc(NC(=O)c2ccccc2NC(=O)CCOCCOCCOCCOCCNC(=O)CN2CCN(Cc3ccc(Nc4ncc(F)c(-c5cc(F)c6nc(C)n(C(C)C)c6c5)n4)nc3)CC2)sc1C. The fourth-order valence-corrected chi connectivity index (χ4v) is 8.71. The van der Waals surface area contributed by atoms with Crippen LogP contribution in [-0.2, 0) is 35.1 Å². The number of aromatic nitrogens is 6. The van der Waals surface area contributed by atoms with Gasteiger partial charge in [0.2, 0.25) is 17.8 Å². The Hall–Kier alpha value is -6.40. The number of nitrogens with zero attached hydrogens (tertiary/aromatic N) is 8. The maximum Gasteiger partial charge on any atom is 0.259 e. The van der Waals surface area contributed by atoms with Crippen molar-refractivity contribution in [1.82, 2.24) is 44.6 Å². The molecule has 6 aromatic rings. The number of thiazole rings is 1. The molecule has 384 valence electrons. The number of carbonyl (C=O) groups is 3. The van der Waals surface area contributed by atoms with Gasteiger partial charge in [-0.3, -0.25) is 29.5 Å². The Morgan fingerprint density at radius 1 is 0.750 bits per heavy atom. The number of anilines is 4. The normalized spacial score (nSPS) is 13.2. The molecule has 0 atom stereocenters. The number of carbonyl (C=O) groups excluding carboxylic acids is 3. The van der Waals surface area contributed by atoms with Crippen LogP contribution in [0, 0.1) is 32.4 Å². The van der Waals surface area contributed by atoms with Crippen molar-refractivity contribution in [1.29, 1.82) is 0 Å². The van der Waals surface area contributed by atoms with Crippen LogP contribution in [0.2, 0.25) is 0 Å². The predicted molar refractivity (Wildman–Crippen MR) is 271 cm³/mol. The molecule has 5 heterocycles. The Morgan fingerprint density at radius 2 is 1.44 bits per heavy atom. The predicted octanol–water partition coefficient (Wildman–Crippen LogP) is 6.45. The summed E-state index contributed by atoms with van der Waals surface area (Å²) in [6.07, 6.45) is 2.94. The average molecular weight is 1010 g/mol. The first-order chi connectivity index (χ1) is 34.8. The molecule has 2 aromatic carbocycles. The van der Waals surface area contributed by atoms with E-state index in [0.717, 1.165) is 48.5 Å². The summed E-state index contributed by atoms with van der Waals surface area (Å²) in [5.41, 5.74) is 3.65. The third-order valence-corrected chi connectivity index (χ3v) is 12.6. The van der Waals surface area contributed by atoms with Gasteiger partial charge in [0.15, 0.2) is 16.8 Å². The molecule has 7 rings (SSSR count). The number of rotatable bonds is 26. The first-order valence-corrected chi connectivity index (χ1v) is 24.7. The van der Waals surface area contributed by atoms with Crippen LogP contribution >= 0.6 is 11.3 Å². The van der Waals surface area contributed by atoms with Gasteiger partial charge >= 0.3 is 0 Å². The average Bonchev–Trinajstić information content (AvgIpc) is 3.87. The van der Waals surface area contributed by atoms with Gasteiger partial charge in [-0.15, -0.1) is 11.3 Å². The number of ether oxygens (including phenoxy) is 4. The zero-order valence-corrected chi connectivity index (χ0v) is 42.1. The van der Waals surface area contributed by atoms with Crippen molar-refractivity contribution in [2.45, 2.75) is 53.6 Å². The van der Waals surface area contributed by atoms with E-state index >= 15 is 8.78 Å². The Bertz CT molecular complexity index is 2750. The Balaban J connectivity index is 0.681. The second kappa shape index (κ2) is 26.3. The van der Waals surface area contributed by atoms with E-state index in [9.17, 15) is 14.4 Å².